The molecule has 0 aromatic rings. The molecule has 0 aliphatic carbocycles. The van der Waals surface area contributed by atoms with Crippen molar-refractivity contribution in [3.8, 4) is 0 Å². The van der Waals surface area contributed by atoms with Gasteiger partial charge in [0.25, 0.3) is 0 Å². The van der Waals surface area contributed by atoms with Crippen LogP contribution in [0.5, 0.6) is 0 Å². The molecule has 1 atom stereocenters. The van der Waals surface area contributed by atoms with E-state index in [1.54, 1.807) is 0 Å². The Bertz CT molecular complexity index is 248. The van der Waals surface area contributed by atoms with Gasteiger partial charge in [0.1, 0.15) is 5.60 Å². The van der Waals surface area contributed by atoms with Crippen molar-refractivity contribution in [3.05, 3.63) is 0 Å². The van der Waals surface area contributed by atoms with E-state index in [0.29, 0.717) is 0 Å². The monoisotopic (exact) mass is 228 g/mol. The lowest BCUT2D eigenvalue weighted by atomic mass is 10.1. The topological polar surface area (TPSA) is 32.8 Å². The van der Waals surface area contributed by atoms with Crippen LogP contribution in [-0.4, -0.2) is 54.2 Å². The number of rotatable bonds is 1. The minimum atomic E-state index is -0.404. The summed E-state index contributed by atoms with van der Waals surface area (Å²) in [5, 5.41) is 0. The van der Waals surface area contributed by atoms with Crippen LogP contribution < -0.4 is 0 Å². The van der Waals surface area contributed by atoms with Crippen molar-refractivity contribution in [1.29, 1.82) is 0 Å². The lowest BCUT2D eigenvalue weighted by Gasteiger charge is -2.40. The van der Waals surface area contributed by atoms with Crippen molar-refractivity contribution in [3.63, 3.8) is 0 Å². The van der Waals surface area contributed by atoms with Gasteiger partial charge in [0.15, 0.2) is 0 Å². The zero-order valence-corrected chi connectivity index (χ0v) is 11.1. The van der Waals surface area contributed by atoms with Crippen molar-refractivity contribution >= 4 is 6.09 Å². The predicted octanol–water partition coefficient (Wildman–Crippen LogP) is 1.95. The number of hydrogen-bond acceptors (Lipinski definition) is 3. The van der Waals surface area contributed by atoms with Gasteiger partial charge in [-0.25, -0.2) is 4.79 Å². The van der Waals surface area contributed by atoms with E-state index in [4.69, 9.17) is 4.74 Å². The molecule has 0 radical (unpaired) electrons. The molecule has 1 fully saturated rings. The summed E-state index contributed by atoms with van der Waals surface area (Å²) in [7, 11) is 2.09. The summed E-state index contributed by atoms with van der Waals surface area (Å²) >= 11 is 0. The maximum Gasteiger partial charge on any atom is 0.410 e. The number of piperazine rings is 1. The first-order valence-corrected chi connectivity index (χ1v) is 6.01. The zero-order valence-electron chi connectivity index (χ0n) is 11.1. The first-order valence-electron chi connectivity index (χ1n) is 6.01. The van der Waals surface area contributed by atoms with Gasteiger partial charge >= 0.3 is 6.09 Å². The molecule has 0 spiro atoms. The largest absolute Gasteiger partial charge is 0.444 e. The average Bonchev–Trinajstić information content (AvgIpc) is 2.14. The highest BCUT2D eigenvalue weighted by molar-refractivity contribution is 5.68. The molecule has 4 heteroatoms. The number of amides is 1. The number of carbonyl (C=O) groups is 1. The van der Waals surface area contributed by atoms with Crippen molar-refractivity contribution in [1.82, 2.24) is 9.80 Å². The maximum absolute atomic E-state index is 12.0. The van der Waals surface area contributed by atoms with Gasteiger partial charge in [-0.05, 0) is 34.2 Å². The Labute approximate surface area is 98.5 Å². The Morgan fingerprint density at radius 2 is 2.00 bits per heavy atom. The highest BCUT2D eigenvalue weighted by atomic mass is 16.6. The van der Waals surface area contributed by atoms with Crippen molar-refractivity contribution in [2.24, 2.45) is 0 Å². The molecular weight excluding hydrogens is 204 g/mol. The lowest BCUT2D eigenvalue weighted by Crippen LogP contribution is -2.54. The molecule has 1 heterocycles. The molecule has 1 aliphatic rings. The van der Waals surface area contributed by atoms with E-state index < -0.39 is 5.60 Å². The second-order valence-corrected chi connectivity index (χ2v) is 5.50. The van der Waals surface area contributed by atoms with E-state index >= 15 is 0 Å². The zero-order chi connectivity index (χ0) is 12.3. The van der Waals surface area contributed by atoms with Crippen LogP contribution in [0.4, 0.5) is 4.79 Å². The summed E-state index contributed by atoms with van der Waals surface area (Å²) in [4.78, 5) is 16.1. The summed E-state index contributed by atoms with van der Waals surface area (Å²) in [5.74, 6) is 0. The highest BCUT2D eigenvalue weighted by Crippen LogP contribution is 2.16. The molecular formula is C12H24N2O2. The fourth-order valence-electron chi connectivity index (χ4n) is 1.92. The van der Waals surface area contributed by atoms with E-state index in [-0.39, 0.29) is 12.1 Å². The van der Waals surface area contributed by atoms with E-state index in [1.807, 2.05) is 25.7 Å². The van der Waals surface area contributed by atoms with Crippen molar-refractivity contribution in [2.75, 3.05) is 26.7 Å². The fourth-order valence-corrected chi connectivity index (χ4v) is 1.92. The third kappa shape index (κ3) is 3.67. The van der Waals surface area contributed by atoms with Crippen LogP contribution in [0.25, 0.3) is 0 Å². The van der Waals surface area contributed by atoms with E-state index in [0.717, 1.165) is 26.1 Å². The molecule has 0 N–H and O–H groups in total. The molecule has 94 valence electrons. The molecule has 0 aromatic heterocycles. The lowest BCUT2D eigenvalue weighted by molar-refractivity contribution is 0.00102. The SMILES string of the molecule is CCC1CN(C)CCN1C(=O)OC(C)(C)C. The number of hydrogen-bond donors (Lipinski definition) is 0. The fraction of sp³-hybridized carbons (Fsp3) is 0.917. The van der Waals surface area contributed by atoms with Crippen LogP contribution in [0.15, 0.2) is 0 Å². The van der Waals surface area contributed by atoms with Gasteiger partial charge in [0.2, 0.25) is 0 Å². The van der Waals surface area contributed by atoms with E-state index in [2.05, 4.69) is 18.9 Å². The normalized spacial score (nSPS) is 23.3. The minimum Gasteiger partial charge on any atom is -0.444 e. The molecule has 1 unspecified atom stereocenters. The van der Waals surface area contributed by atoms with Crippen LogP contribution in [0, 0.1) is 0 Å². The van der Waals surface area contributed by atoms with Crippen LogP contribution >= 0.6 is 0 Å². The van der Waals surface area contributed by atoms with Gasteiger partial charge in [-0.2, -0.15) is 0 Å². The first kappa shape index (κ1) is 13.3. The molecule has 0 saturated carbocycles. The Kier molecular flexibility index (Phi) is 4.19. The molecule has 16 heavy (non-hydrogen) atoms. The Hall–Kier alpha value is -0.770. The van der Waals surface area contributed by atoms with Crippen molar-refractivity contribution < 1.29 is 9.53 Å². The Balaban J connectivity index is 2.60. The van der Waals surface area contributed by atoms with E-state index in [1.165, 1.54) is 0 Å². The summed E-state index contributed by atoms with van der Waals surface area (Å²) in [6.45, 7) is 10.5. The number of nitrogens with zero attached hydrogens (tertiary/aromatic N) is 2. The average molecular weight is 228 g/mol. The van der Waals surface area contributed by atoms with Gasteiger partial charge in [-0.3, -0.25) is 0 Å². The number of carbonyl (C=O) groups excluding carboxylic acids is 1. The molecule has 4 nitrogen and oxygen atoms in total. The van der Waals surface area contributed by atoms with Gasteiger partial charge < -0.3 is 14.5 Å². The molecule has 1 amide bonds. The third-order valence-corrected chi connectivity index (χ3v) is 2.79. The van der Waals surface area contributed by atoms with Gasteiger partial charge in [-0.15, -0.1) is 0 Å². The first-order chi connectivity index (χ1) is 7.33. The second-order valence-electron chi connectivity index (χ2n) is 5.50. The van der Waals surface area contributed by atoms with Crippen LogP contribution in [0.3, 0.4) is 0 Å². The quantitative estimate of drug-likeness (QED) is 0.687. The van der Waals surface area contributed by atoms with Crippen LogP contribution in [0.2, 0.25) is 0 Å². The van der Waals surface area contributed by atoms with Gasteiger partial charge in [0.05, 0.1) is 0 Å². The van der Waals surface area contributed by atoms with Gasteiger partial charge in [-0.1, -0.05) is 6.92 Å². The minimum absolute atomic E-state index is 0.174. The molecule has 1 rings (SSSR count). The summed E-state index contributed by atoms with van der Waals surface area (Å²) in [5.41, 5.74) is -0.404. The van der Waals surface area contributed by atoms with Crippen LogP contribution in [-0.2, 0) is 4.74 Å². The molecule has 1 saturated heterocycles. The third-order valence-electron chi connectivity index (χ3n) is 2.79. The highest BCUT2D eigenvalue weighted by Gasteiger charge is 2.30. The van der Waals surface area contributed by atoms with Crippen LogP contribution in [0.1, 0.15) is 34.1 Å². The smallest absolute Gasteiger partial charge is 0.410 e. The summed E-state index contributed by atoms with van der Waals surface area (Å²) in [6.07, 6.45) is 0.802. The predicted molar refractivity (Wildman–Crippen MR) is 64.5 cm³/mol. The maximum atomic E-state index is 12.0. The van der Waals surface area contributed by atoms with Crippen molar-refractivity contribution in [2.45, 2.75) is 45.8 Å². The second kappa shape index (κ2) is 5.04. The van der Waals surface area contributed by atoms with Gasteiger partial charge in [0, 0.05) is 25.7 Å². The Morgan fingerprint density at radius 3 is 2.50 bits per heavy atom. The molecule has 0 aromatic carbocycles. The number of likely N-dealkylation sites (N-methyl/N-ethyl adjacent to an activating group) is 1. The summed E-state index contributed by atoms with van der Waals surface area (Å²) in [6, 6.07) is 0.286. The standard InChI is InChI=1S/C12H24N2O2/c1-6-10-9-13(5)7-8-14(10)11(15)16-12(2,3)4/h10H,6-9H2,1-5H3. The molecule has 0 bridgehead atoms. The van der Waals surface area contributed by atoms with E-state index in [9.17, 15) is 4.79 Å². The Morgan fingerprint density at radius 1 is 1.38 bits per heavy atom. The molecule has 1 aliphatic heterocycles. The number of ether oxygens (including phenoxy) is 1. The summed E-state index contributed by atoms with van der Waals surface area (Å²) < 4.78 is 5.41.